The van der Waals surface area contributed by atoms with E-state index in [1.807, 2.05) is 0 Å². The zero-order valence-electron chi connectivity index (χ0n) is 8.94. The first-order valence-corrected chi connectivity index (χ1v) is 3.12. The summed E-state index contributed by atoms with van der Waals surface area (Å²) in [6.07, 6.45) is -0.0776. The molecule has 0 aromatic carbocycles. The van der Waals surface area contributed by atoms with Crippen LogP contribution in [0.15, 0.2) is 0 Å². The molecule has 0 fully saturated rings. The Balaban J connectivity index is -0.0000000675. The number of thiol groups is 2. The Labute approximate surface area is 109 Å². The average molecular weight is 198 g/mol. The van der Waals surface area contributed by atoms with E-state index in [2.05, 4.69) is 34.2 Å². The normalized spacial score (nSPS) is 7.17. The van der Waals surface area contributed by atoms with Gasteiger partial charge < -0.3 is 11.2 Å². The predicted molar refractivity (Wildman–Crippen MR) is 41.6 cm³/mol. The Morgan fingerprint density at radius 1 is 1.00 bits per heavy atom. The van der Waals surface area contributed by atoms with E-state index in [1.54, 1.807) is 0 Å². The number of hydrogen-bond donors (Lipinski definition) is 2. The van der Waals surface area contributed by atoms with E-state index in [-0.39, 0.29) is 53.4 Å². The van der Waals surface area contributed by atoms with Gasteiger partial charge in [0.1, 0.15) is 0 Å². The van der Waals surface area contributed by atoms with Gasteiger partial charge in [-0.3, -0.25) is 9.59 Å². The van der Waals surface area contributed by atoms with Crippen LogP contribution in [0.1, 0.15) is 15.7 Å². The topological polar surface area (TPSA) is 52.6 Å². The zero-order valence-corrected chi connectivity index (χ0v) is 8.73. The minimum absolute atomic E-state index is 0. The van der Waals surface area contributed by atoms with E-state index in [4.69, 9.17) is 0 Å². The summed E-state index contributed by atoms with van der Waals surface area (Å²) in [7, 11) is 0. The van der Waals surface area contributed by atoms with Crippen LogP contribution in [0.2, 0.25) is 0 Å². The first-order valence-electron chi connectivity index (χ1n) is 2.39. The van der Waals surface area contributed by atoms with Crippen LogP contribution in [-0.2, 0) is 18.0 Å². The Morgan fingerprint density at radius 2 is 1.25 bits per heavy atom. The summed E-state index contributed by atoms with van der Waals surface area (Å²) in [5, 5.41) is 0. The third-order valence-electron chi connectivity index (χ3n) is 0.737. The van der Waals surface area contributed by atoms with Gasteiger partial charge in [-0.2, -0.15) is 0 Å². The molecule has 0 saturated carbocycles. The molecule has 0 unspecified atom stereocenters. The first kappa shape index (κ1) is 18.6. The Kier molecular flexibility index (Phi) is 18.3. The summed E-state index contributed by atoms with van der Waals surface area (Å²) in [5.74, 6) is -1.14. The van der Waals surface area contributed by atoms with Crippen molar-refractivity contribution in [2.75, 3.05) is 0 Å². The molecule has 0 aromatic heterocycles. The molecule has 0 bridgehead atoms. The van der Waals surface area contributed by atoms with Crippen molar-refractivity contribution in [3.63, 3.8) is 0 Å². The fourth-order valence-corrected chi connectivity index (χ4v) is 0.478. The molecule has 0 aliphatic heterocycles. The largest absolute Gasteiger partial charge is 1.00 e. The van der Waals surface area contributed by atoms with Gasteiger partial charge in [0.25, 0.3) is 0 Å². The maximum atomic E-state index is 10.3. The van der Waals surface area contributed by atoms with Crippen LogP contribution in [0.3, 0.4) is 0 Å². The van der Waals surface area contributed by atoms with Crippen molar-refractivity contribution in [2.24, 2.45) is 0 Å². The average Bonchev–Trinajstić information content (AvgIpc) is 1.99. The molecule has 0 saturated heterocycles. The maximum absolute atomic E-state index is 10.3. The minimum atomic E-state index is -0.568. The molecule has 0 rings (SSSR count). The third kappa shape index (κ3) is 10.8. The minimum Gasteiger partial charge on any atom is -1.00 e. The van der Waals surface area contributed by atoms with E-state index in [9.17, 15) is 9.59 Å². The van der Waals surface area contributed by atoms with Gasteiger partial charge in [0.15, 0.2) is 0 Å². The van der Waals surface area contributed by atoms with Crippen LogP contribution < -0.4 is 37.7 Å². The maximum Gasteiger partial charge on any atom is 1.00 e. The van der Waals surface area contributed by atoms with Crippen LogP contribution >= 0.6 is 25.8 Å². The molecule has 0 aliphatic carbocycles. The van der Waals surface area contributed by atoms with E-state index < -0.39 is 11.9 Å². The smallest absolute Gasteiger partial charge is 1.00 e. The van der Waals surface area contributed by atoms with Crippen LogP contribution in [0, 0.1) is 0 Å². The van der Waals surface area contributed by atoms with Crippen molar-refractivity contribution in [3.05, 3.63) is 0 Å². The summed E-state index contributed by atoms with van der Waals surface area (Å²) in [6, 6.07) is 0. The SMILES string of the molecule is O=C(CCC(=O)OS)OS.[H-].[H-].[Li+].[Li+]. The van der Waals surface area contributed by atoms with Crippen molar-refractivity contribution in [2.45, 2.75) is 12.8 Å². The number of carbonyl (C=O) groups excluding carboxylic acids is 2. The summed E-state index contributed by atoms with van der Waals surface area (Å²) >= 11 is 6.45. The van der Waals surface area contributed by atoms with E-state index in [0.717, 1.165) is 0 Å². The van der Waals surface area contributed by atoms with Crippen molar-refractivity contribution in [1.29, 1.82) is 0 Å². The van der Waals surface area contributed by atoms with Gasteiger partial charge in [-0.15, -0.1) is 0 Å². The standard InChI is InChI=1S/C4H6O4S2.2Li.2H/c5-3(7-9)1-2-4(6)8-10;;;;/h9-10H,1-2H2;;;;/q;2*+1;2*-1. The summed E-state index contributed by atoms with van der Waals surface area (Å²) in [4.78, 5) is 20.6. The first-order chi connectivity index (χ1) is 4.70. The number of carbonyl (C=O) groups is 2. The summed E-state index contributed by atoms with van der Waals surface area (Å²) in [6.45, 7) is 0. The Morgan fingerprint density at radius 3 is 1.42 bits per heavy atom. The monoisotopic (exact) mass is 198 g/mol. The number of rotatable bonds is 3. The van der Waals surface area contributed by atoms with Crippen LogP contribution in [-0.4, -0.2) is 11.9 Å². The van der Waals surface area contributed by atoms with Gasteiger partial charge in [-0.25, -0.2) is 0 Å². The third-order valence-corrected chi connectivity index (χ3v) is 1.14. The van der Waals surface area contributed by atoms with Crippen molar-refractivity contribution >= 4 is 37.8 Å². The van der Waals surface area contributed by atoms with Gasteiger partial charge in [-0.1, -0.05) is 0 Å². The Hall–Kier alpha value is 0.835. The van der Waals surface area contributed by atoms with E-state index in [1.165, 1.54) is 0 Å². The molecule has 0 aliphatic rings. The Bertz CT molecular complexity index is 135. The van der Waals surface area contributed by atoms with Gasteiger partial charge in [-0.05, 0) is 0 Å². The second kappa shape index (κ2) is 11.8. The molecule has 0 amide bonds. The molecule has 0 aromatic rings. The summed E-state index contributed by atoms with van der Waals surface area (Å²) < 4.78 is 7.94. The van der Waals surface area contributed by atoms with Gasteiger partial charge >= 0.3 is 49.7 Å². The van der Waals surface area contributed by atoms with E-state index in [0.29, 0.717) is 0 Å². The van der Waals surface area contributed by atoms with Crippen molar-refractivity contribution < 1.29 is 58.5 Å². The van der Waals surface area contributed by atoms with Gasteiger partial charge in [0.05, 0.1) is 12.8 Å². The predicted octanol–water partition coefficient (Wildman–Crippen LogP) is -5.22. The fraction of sp³-hybridized carbons (Fsp3) is 0.500. The molecule has 0 N–H and O–H groups in total. The fourth-order valence-electron chi connectivity index (χ4n) is 0.295. The van der Waals surface area contributed by atoms with E-state index >= 15 is 0 Å². The van der Waals surface area contributed by atoms with Crippen LogP contribution in [0.4, 0.5) is 0 Å². The van der Waals surface area contributed by atoms with Crippen LogP contribution in [0.5, 0.6) is 0 Å². The molecule has 0 heterocycles. The van der Waals surface area contributed by atoms with Crippen molar-refractivity contribution in [3.8, 4) is 0 Å². The molecule has 0 radical (unpaired) electrons. The second-order valence-corrected chi connectivity index (χ2v) is 1.79. The molecule has 12 heavy (non-hydrogen) atoms. The van der Waals surface area contributed by atoms with Crippen molar-refractivity contribution in [1.82, 2.24) is 0 Å². The van der Waals surface area contributed by atoms with Gasteiger partial charge in [0, 0.05) is 25.8 Å². The zero-order chi connectivity index (χ0) is 7.98. The second-order valence-electron chi connectivity index (χ2n) is 1.43. The molecule has 4 nitrogen and oxygen atoms in total. The molecule has 0 atom stereocenters. The molecule has 8 heteroatoms. The van der Waals surface area contributed by atoms with Crippen LogP contribution in [0.25, 0.3) is 0 Å². The number of hydrogen-bond acceptors (Lipinski definition) is 6. The quantitative estimate of drug-likeness (QED) is 0.270. The molecular formula is C4H8Li2O4S2. The molecule has 0 spiro atoms. The van der Waals surface area contributed by atoms with Gasteiger partial charge in [0.2, 0.25) is 0 Å². The molecule has 62 valence electrons. The summed E-state index contributed by atoms with van der Waals surface area (Å²) in [5.41, 5.74) is 0. The molecular weight excluding hydrogens is 190 g/mol.